The zero-order chi connectivity index (χ0) is 21.1. The molecule has 1 heterocycles. The van der Waals surface area contributed by atoms with Crippen LogP contribution in [0.15, 0.2) is 54.6 Å². The summed E-state index contributed by atoms with van der Waals surface area (Å²) in [4.78, 5) is 38.7. The van der Waals surface area contributed by atoms with Gasteiger partial charge in [0.1, 0.15) is 0 Å². The van der Waals surface area contributed by atoms with Crippen LogP contribution >= 0.6 is 0 Å². The van der Waals surface area contributed by atoms with Gasteiger partial charge in [0.05, 0.1) is 11.4 Å². The molecule has 0 saturated carbocycles. The predicted molar refractivity (Wildman–Crippen MR) is 118 cm³/mol. The maximum atomic E-state index is 12.8. The molecule has 6 nitrogen and oxygen atoms in total. The van der Waals surface area contributed by atoms with Gasteiger partial charge in [0.2, 0.25) is 11.8 Å². The van der Waals surface area contributed by atoms with Gasteiger partial charge in [-0.25, -0.2) is 0 Å². The number of hydrogen-bond donors (Lipinski definition) is 2. The first-order valence-electron chi connectivity index (χ1n) is 10.3. The lowest BCUT2D eigenvalue weighted by Gasteiger charge is -2.15. The highest BCUT2D eigenvalue weighted by Crippen LogP contribution is 2.30. The third-order valence-electron chi connectivity index (χ3n) is 5.63. The third kappa shape index (κ3) is 4.27. The maximum absolute atomic E-state index is 12.8. The Morgan fingerprint density at radius 1 is 1.07 bits per heavy atom. The minimum Gasteiger partial charge on any atom is -0.324 e. The van der Waals surface area contributed by atoms with E-state index in [1.807, 2.05) is 24.3 Å². The highest BCUT2D eigenvalue weighted by molar-refractivity contribution is 6.08. The van der Waals surface area contributed by atoms with Crippen molar-refractivity contribution in [2.45, 2.75) is 32.6 Å². The molecule has 2 aromatic carbocycles. The van der Waals surface area contributed by atoms with Crippen LogP contribution in [0.3, 0.4) is 0 Å². The fraction of sp³-hybridized carbons (Fsp3) is 0.292. The van der Waals surface area contributed by atoms with Crippen molar-refractivity contribution in [2.75, 3.05) is 22.1 Å². The molecular weight excluding hydrogens is 378 g/mol. The van der Waals surface area contributed by atoms with Crippen LogP contribution in [0.2, 0.25) is 0 Å². The minimum atomic E-state index is -0.250. The molecule has 1 aliphatic heterocycles. The second-order valence-corrected chi connectivity index (χ2v) is 7.78. The predicted octanol–water partition coefficient (Wildman–Crippen LogP) is 4.14. The molecule has 0 radical (unpaired) electrons. The van der Waals surface area contributed by atoms with E-state index in [1.165, 1.54) is 0 Å². The summed E-state index contributed by atoms with van der Waals surface area (Å²) in [5.74, 6) is -0.0222. The molecule has 2 aromatic rings. The number of benzene rings is 2. The summed E-state index contributed by atoms with van der Waals surface area (Å²) in [5, 5.41) is 5.83. The SMILES string of the molecule is CC(=O)N1CCc2cc(C(=O)Nc3ccccc3NC(=O)CC3C=CCC3)ccc21. The maximum Gasteiger partial charge on any atom is 0.255 e. The number of nitrogens with zero attached hydrogens (tertiary/aromatic N) is 1. The zero-order valence-electron chi connectivity index (χ0n) is 17.0. The molecule has 154 valence electrons. The number of rotatable bonds is 5. The van der Waals surface area contributed by atoms with Crippen molar-refractivity contribution in [3.8, 4) is 0 Å². The van der Waals surface area contributed by atoms with Gasteiger partial charge in [-0.1, -0.05) is 24.3 Å². The molecule has 0 spiro atoms. The fourth-order valence-electron chi connectivity index (χ4n) is 4.07. The van der Waals surface area contributed by atoms with E-state index in [0.29, 0.717) is 29.9 Å². The fourth-order valence-corrected chi connectivity index (χ4v) is 4.07. The lowest BCUT2D eigenvalue weighted by atomic mass is 10.0. The summed E-state index contributed by atoms with van der Waals surface area (Å²) < 4.78 is 0. The Morgan fingerprint density at radius 3 is 2.53 bits per heavy atom. The van der Waals surface area contributed by atoms with Crippen LogP contribution in [0.1, 0.15) is 42.1 Å². The average Bonchev–Trinajstić information content (AvgIpc) is 3.38. The summed E-state index contributed by atoms with van der Waals surface area (Å²) in [6, 6.07) is 12.6. The van der Waals surface area contributed by atoms with Crippen LogP contribution < -0.4 is 15.5 Å². The van der Waals surface area contributed by atoms with E-state index < -0.39 is 0 Å². The van der Waals surface area contributed by atoms with Crippen LogP contribution in [-0.4, -0.2) is 24.3 Å². The van der Waals surface area contributed by atoms with Gasteiger partial charge in [0.25, 0.3) is 5.91 Å². The van der Waals surface area contributed by atoms with Gasteiger partial charge in [-0.3, -0.25) is 14.4 Å². The molecule has 2 N–H and O–H groups in total. The standard InChI is InChI=1S/C24H25N3O3/c1-16(28)27-13-12-18-15-19(10-11-22(18)27)24(30)26-21-9-5-4-8-20(21)25-23(29)14-17-6-2-3-7-17/h2,4-6,8-11,15,17H,3,7,12-14H2,1H3,(H,25,29)(H,26,30). The zero-order valence-corrected chi connectivity index (χ0v) is 17.0. The van der Waals surface area contributed by atoms with E-state index in [-0.39, 0.29) is 23.6 Å². The van der Waals surface area contributed by atoms with Crippen molar-refractivity contribution in [3.63, 3.8) is 0 Å². The van der Waals surface area contributed by atoms with E-state index in [4.69, 9.17) is 0 Å². The van der Waals surface area contributed by atoms with E-state index >= 15 is 0 Å². The van der Waals surface area contributed by atoms with Crippen LogP contribution in [0.5, 0.6) is 0 Å². The first-order valence-corrected chi connectivity index (χ1v) is 10.3. The lowest BCUT2D eigenvalue weighted by Crippen LogP contribution is -2.25. The molecule has 0 aromatic heterocycles. The molecule has 2 aliphatic rings. The largest absolute Gasteiger partial charge is 0.324 e. The third-order valence-corrected chi connectivity index (χ3v) is 5.63. The summed E-state index contributed by atoms with van der Waals surface area (Å²) >= 11 is 0. The Morgan fingerprint density at radius 2 is 1.83 bits per heavy atom. The molecule has 0 fully saturated rings. The van der Waals surface area contributed by atoms with Gasteiger partial charge < -0.3 is 15.5 Å². The quantitative estimate of drug-likeness (QED) is 0.737. The molecule has 0 saturated heterocycles. The molecule has 3 amide bonds. The molecule has 6 heteroatoms. The summed E-state index contributed by atoms with van der Waals surface area (Å²) in [7, 11) is 0. The molecular formula is C24H25N3O3. The van der Waals surface area contributed by atoms with Crippen molar-refractivity contribution in [1.82, 2.24) is 0 Å². The molecule has 1 aliphatic carbocycles. The Kier molecular flexibility index (Phi) is 5.65. The smallest absolute Gasteiger partial charge is 0.255 e. The highest BCUT2D eigenvalue weighted by atomic mass is 16.2. The monoisotopic (exact) mass is 403 g/mol. The number of nitrogens with one attached hydrogen (secondary N) is 2. The normalized spacial score (nSPS) is 17.0. The number of hydrogen-bond acceptors (Lipinski definition) is 3. The Labute approximate surface area is 176 Å². The van der Waals surface area contributed by atoms with Gasteiger partial charge in [-0.15, -0.1) is 0 Å². The number of carbonyl (C=O) groups excluding carboxylic acids is 3. The summed E-state index contributed by atoms with van der Waals surface area (Å²) in [6.07, 6.45) is 7.40. The van der Waals surface area contributed by atoms with Crippen LogP contribution in [0.4, 0.5) is 17.1 Å². The van der Waals surface area contributed by atoms with E-state index in [0.717, 1.165) is 30.5 Å². The van der Waals surface area contributed by atoms with Crippen LogP contribution in [-0.2, 0) is 16.0 Å². The van der Waals surface area contributed by atoms with E-state index in [2.05, 4.69) is 22.8 Å². The molecule has 4 rings (SSSR count). The number of allylic oxidation sites excluding steroid dienone is 2. The first kappa shape index (κ1) is 19.9. The highest BCUT2D eigenvalue weighted by Gasteiger charge is 2.23. The number of fused-ring (bicyclic) bond motifs is 1. The number of anilines is 3. The van der Waals surface area contributed by atoms with E-state index in [9.17, 15) is 14.4 Å². The molecule has 1 atom stereocenters. The summed E-state index contributed by atoms with van der Waals surface area (Å²) in [6.45, 7) is 2.19. The summed E-state index contributed by atoms with van der Waals surface area (Å²) in [5.41, 5.74) is 3.53. The van der Waals surface area contributed by atoms with Crippen molar-refractivity contribution in [2.24, 2.45) is 5.92 Å². The van der Waals surface area contributed by atoms with Crippen LogP contribution in [0, 0.1) is 5.92 Å². The van der Waals surface area contributed by atoms with E-state index in [1.54, 1.807) is 30.0 Å². The first-order chi connectivity index (χ1) is 14.5. The number of carbonyl (C=O) groups is 3. The van der Waals surface area contributed by atoms with Gasteiger partial charge in [0.15, 0.2) is 0 Å². The van der Waals surface area contributed by atoms with Crippen molar-refractivity contribution >= 4 is 34.8 Å². The van der Waals surface area contributed by atoms with Gasteiger partial charge in [-0.05, 0) is 61.1 Å². The molecule has 0 bridgehead atoms. The second kappa shape index (κ2) is 8.53. The Hall–Kier alpha value is -3.41. The van der Waals surface area contributed by atoms with Crippen molar-refractivity contribution in [3.05, 3.63) is 65.7 Å². The molecule has 1 unspecified atom stereocenters. The van der Waals surface area contributed by atoms with Crippen molar-refractivity contribution in [1.29, 1.82) is 0 Å². The Bertz CT molecular complexity index is 1030. The second-order valence-electron chi connectivity index (χ2n) is 7.78. The minimum absolute atomic E-state index is 0.00344. The number of para-hydroxylation sites is 2. The lowest BCUT2D eigenvalue weighted by molar-refractivity contribution is -0.117. The topological polar surface area (TPSA) is 78.5 Å². The van der Waals surface area contributed by atoms with Crippen molar-refractivity contribution < 1.29 is 14.4 Å². The van der Waals surface area contributed by atoms with Crippen LogP contribution in [0.25, 0.3) is 0 Å². The average molecular weight is 403 g/mol. The number of amides is 3. The van der Waals surface area contributed by atoms with Gasteiger partial charge in [-0.2, -0.15) is 0 Å². The van der Waals surface area contributed by atoms with Gasteiger partial charge in [0, 0.05) is 31.1 Å². The Balaban J connectivity index is 1.46. The van der Waals surface area contributed by atoms with Gasteiger partial charge >= 0.3 is 0 Å². The molecule has 30 heavy (non-hydrogen) atoms.